The van der Waals surface area contributed by atoms with Gasteiger partial charge in [0.05, 0.1) is 22.4 Å². The van der Waals surface area contributed by atoms with Crippen LogP contribution in [0.2, 0.25) is 0 Å². The Morgan fingerprint density at radius 2 is 0.970 bits per heavy atom. The third-order valence-electron chi connectivity index (χ3n) is 14.4. The first kappa shape index (κ1) is 39.2. The fourth-order valence-electron chi connectivity index (χ4n) is 11.4. The Labute approximate surface area is 390 Å². The van der Waals surface area contributed by atoms with Crippen LogP contribution < -0.4 is 4.90 Å². The molecule has 0 N–H and O–H groups in total. The zero-order valence-corrected chi connectivity index (χ0v) is 37.3. The minimum Gasteiger partial charge on any atom is -0.455 e. The summed E-state index contributed by atoms with van der Waals surface area (Å²) >= 11 is 0. The molecule has 0 unspecified atom stereocenters. The Bertz CT molecular complexity index is 3790. The number of fused-ring (bicyclic) bond motifs is 7. The second kappa shape index (κ2) is 16.4. The molecule has 0 aliphatic heterocycles. The van der Waals surface area contributed by atoms with Crippen LogP contribution in [0.4, 0.5) is 17.1 Å². The molecule has 0 saturated heterocycles. The van der Waals surface area contributed by atoms with Crippen LogP contribution in [-0.4, -0.2) is 4.57 Å². The number of aromatic nitrogens is 1. The van der Waals surface area contributed by atoms with Gasteiger partial charge in [-0.15, -0.1) is 0 Å². The molecule has 0 bridgehead atoms. The van der Waals surface area contributed by atoms with Gasteiger partial charge in [-0.2, -0.15) is 0 Å². The van der Waals surface area contributed by atoms with Gasteiger partial charge in [0, 0.05) is 49.6 Å². The molecule has 67 heavy (non-hydrogen) atoms. The van der Waals surface area contributed by atoms with Crippen LogP contribution in [0.5, 0.6) is 0 Å². The fourth-order valence-corrected chi connectivity index (χ4v) is 11.4. The smallest absolute Gasteiger partial charge is 0.143 e. The molecule has 0 spiro atoms. The lowest BCUT2D eigenvalue weighted by molar-refractivity contribution is 0.445. The van der Waals surface area contributed by atoms with Crippen LogP contribution in [0.1, 0.15) is 43.6 Å². The number of nitrogens with zero attached hydrogens (tertiary/aromatic N) is 2. The predicted molar refractivity (Wildman–Crippen MR) is 282 cm³/mol. The van der Waals surface area contributed by atoms with Gasteiger partial charge >= 0.3 is 0 Å². The molecular formula is C64H48N2O. The monoisotopic (exact) mass is 860 g/mol. The lowest BCUT2D eigenvalue weighted by Gasteiger charge is -2.31. The zero-order chi connectivity index (χ0) is 44.3. The van der Waals surface area contributed by atoms with E-state index >= 15 is 0 Å². The summed E-state index contributed by atoms with van der Waals surface area (Å²) in [7, 11) is 0. The minimum absolute atomic E-state index is 0.560. The normalized spacial score (nSPS) is 13.3. The van der Waals surface area contributed by atoms with E-state index in [1.54, 1.807) is 0 Å². The lowest BCUT2D eigenvalue weighted by atomic mass is 9.80. The molecule has 1 saturated carbocycles. The Morgan fingerprint density at radius 1 is 0.403 bits per heavy atom. The molecule has 3 heteroatoms. The van der Waals surface area contributed by atoms with Crippen LogP contribution in [0.25, 0.3) is 93.6 Å². The summed E-state index contributed by atoms with van der Waals surface area (Å²) in [5.41, 5.74) is 17.2. The quantitative estimate of drug-likeness (QED) is 0.152. The highest BCUT2D eigenvalue weighted by Gasteiger charge is 2.26. The topological polar surface area (TPSA) is 21.3 Å². The van der Waals surface area contributed by atoms with Gasteiger partial charge in [0.15, 0.2) is 0 Å². The van der Waals surface area contributed by atoms with E-state index in [2.05, 4.69) is 228 Å². The molecule has 1 aliphatic rings. The van der Waals surface area contributed by atoms with Crippen LogP contribution in [0.3, 0.4) is 0 Å². The molecule has 0 radical (unpaired) electrons. The SMILES string of the molecule is c1ccc(-n2c3ccccc3c3c(-c4ccccc4N(c4ccc(-c5cccc6c5oc5ccccc56)cc4)c4ccccc4-c4cccc5cccc(C6CCCCC6)c45)cccc32)cc1. The first-order valence-electron chi connectivity index (χ1n) is 23.9. The van der Waals surface area contributed by atoms with Gasteiger partial charge in [-0.1, -0.05) is 189 Å². The first-order valence-corrected chi connectivity index (χ1v) is 23.9. The third-order valence-corrected chi connectivity index (χ3v) is 14.4. The van der Waals surface area contributed by atoms with Crippen LogP contribution in [-0.2, 0) is 0 Å². The van der Waals surface area contributed by atoms with Crippen LogP contribution in [0.15, 0.2) is 229 Å². The maximum Gasteiger partial charge on any atom is 0.143 e. The summed E-state index contributed by atoms with van der Waals surface area (Å²) in [6.45, 7) is 0. The van der Waals surface area contributed by atoms with Gasteiger partial charge < -0.3 is 13.9 Å². The zero-order valence-electron chi connectivity index (χ0n) is 37.3. The van der Waals surface area contributed by atoms with E-state index in [1.807, 2.05) is 6.07 Å². The Kier molecular flexibility index (Phi) is 9.60. The summed E-state index contributed by atoms with van der Waals surface area (Å²) in [6, 6.07) is 82.3. The number of rotatable bonds is 8. The molecule has 10 aromatic carbocycles. The van der Waals surface area contributed by atoms with E-state index in [9.17, 15) is 0 Å². The van der Waals surface area contributed by atoms with Crippen molar-refractivity contribution in [2.24, 2.45) is 0 Å². The van der Waals surface area contributed by atoms with E-state index in [1.165, 1.54) is 86.9 Å². The Morgan fingerprint density at radius 3 is 1.75 bits per heavy atom. The minimum atomic E-state index is 0.560. The van der Waals surface area contributed by atoms with E-state index in [4.69, 9.17) is 4.42 Å². The van der Waals surface area contributed by atoms with Crippen molar-refractivity contribution in [1.82, 2.24) is 4.57 Å². The summed E-state index contributed by atoms with van der Waals surface area (Å²) < 4.78 is 8.97. The van der Waals surface area contributed by atoms with Gasteiger partial charge in [0.25, 0.3) is 0 Å². The molecule has 3 nitrogen and oxygen atoms in total. The number of furan rings is 1. The van der Waals surface area contributed by atoms with Crippen LogP contribution in [0, 0.1) is 0 Å². The standard InChI is InChI=1S/C64H48N2O/c1-3-19-43(20-4-1)48-29-15-21-45-22-16-31-53(62(45)48)50-25-7-11-34-57(50)65(47-41-39-44(40-42-47)49-30-17-33-55-52-27-10-14-38-61(52)67-64(49)55)58-35-12-8-26-51(58)54-32-18-37-60-63(54)56-28-9-13-36-59(56)66(60)46-23-5-2-6-24-46/h2,5-18,21-43H,1,3-4,19-20H2. The van der Waals surface area contributed by atoms with Crippen molar-refractivity contribution < 1.29 is 4.42 Å². The van der Waals surface area contributed by atoms with E-state index in [0.29, 0.717) is 5.92 Å². The molecule has 0 amide bonds. The van der Waals surface area contributed by atoms with Crippen molar-refractivity contribution >= 4 is 71.6 Å². The van der Waals surface area contributed by atoms with E-state index in [-0.39, 0.29) is 0 Å². The molecule has 13 rings (SSSR count). The number of para-hydroxylation sites is 6. The van der Waals surface area contributed by atoms with Crippen molar-refractivity contribution in [2.45, 2.75) is 38.0 Å². The molecule has 320 valence electrons. The number of anilines is 3. The van der Waals surface area contributed by atoms with Crippen molar-refractivity contribution in [3.63, 3.8) is 0 Å². The number of hydrogen-bond acceptors (Lipinski definition) is 2. The third kappa shape index (κ3) is 6.56. The summed E-state index contributed by atoms with van der Waals surface area (Å²) in [6.07, 6.45) is 6.41. The van der Waals surface area contributed by atoms with Gasteiger partial charge in [-0.3, -0.25) is 0 Å². The maximum absolute atomic E-state index is 6.56. The van der Waals surface area contributed by atoms with E-state index < -0.39 is 0 Å². The number of benzene rings is 10. The average molecular weight is 861 g/mol. The van der Waals surface area contributed by atoms with Gasteiger partial charge in [0.2, 0.25) is 0 Å². The lowest BCUT2D eigenvalue weighted by Crippen LogP contribution is -2.12. The van der Waals surface area contributed by atoms with Gasteiger partial charge in [-0.05, 0) is 106 Å². The maximum atomic E-state index is 6.56. The molecule has 1 fully saturated rings. The highest BCUT2D eigenvalue weighted by Crippen LogP contribution is 2.50. The van der Waals surface area contributed by atoms with Gasteiger partial charge in [-0.25, -0.2) is 0 Å². The Balaban J connectivity index is 1.05. The highest BCUT2D eigenvalue weighted by molar-refractivity contribution is 6.17. The second-order valence-corrected chi connectivity index (χ2v) is 18.2. The average Bonchev–Trinajstić information content (AvgIpc) is 3.96. The largest absolute Gasteiger partial charge is 0.455 e. The van der Waals surface area contributed by atoms with Crippen molar-refractivity contribution in [1.29, 1.82) is 0 Å². The molecule has 12 aromatic rings. The van der Waals surface area contributed by atoms with Gasteiger partial charge in [0.1, 0.15) is 11.2 Å². The molecular weight excluding hydrogens is 813 g/mol. The van der Waals surface area contributed by atoms with E-state index in [0.717, 1.165) is 61.4 Å². The Hall–Kier alpha value is -8.14. The van der Waals surface area contributed by atoms with Crippen molar-refractivity contribution in [3.05, 3.63) is 230 Å². The van der Waals surface area contributed by atoms with Crippen LogP contribution >= 0.6 is 0 Å². The second-order valence-electron chi connectivity index (χ2n) is 18.2. The molecule has 1 aliphatic carbocycles. The molecule has 0 atom stereocenters. The molecule has 2 aromatic heterocycles. The summed E-state index contributed by atoms with van der Waals surface area (Å²) in [4.78, 5) is 2.51. The summed E-state index contributed by atoms with van der Waals surface area (Å²) in [5, 5.41) is 7.42. The number of hydrogen-bond donors (Lipinski definition) is 0. The fraction of sp³-hybridized carbons (Fsp3) is 0.0938. The van der Waals surface area contributed by atoms with Crippen molar-refractivity contribution in [2.75, 3.05) is 4.90 Å². The first-order chi connectivity index (χ1) is 33.3. The predicted octanol–water partition coefficient (Wildman–Crippen LogP) is 18.4. The molecule has 2 heterocycles. The summed E-state index contributed by atoms with van der Waals surface area (Å²) in [5.74, 6) is 0.560. The highest BCUT2D eigenvalue weighted by atomic mass is 16.3. The van der Waals surface area contributed by atoms with Crippen molar-refractivity contribution in [3.8, 4) is 39.1 Å².